The molecule has 6 aromatic rings. The van der Waals surface area contributed by atoms with Crippen molar-refractivity contribution in [3.63, 3.8) is 0 Å². The summed E-state index contributed by atoms with van der Waals surface area (Å²) in [7, 11) is 0. The highest BCUT2D eigenvalue weighted by Crippen LogP contribution is 2.59. The van der Waals surface area contributed by atoms with E-state index in [2.05, 4.69) is 161 Å². The summed E-state index contributed by atoms with van der Waals surface area (Å²) < 4.78 is 0. The van der Waals surface area contributed by atoms with Crippen molar-refractivity contribution in [3.05, 3.63) is 155 Å². The van der Waals surface area contributed by atoms with E-state index in [1.54, 1.807) is 0 Å². The first-order valence-corrected chi connectivity index (χ1v) is 15.5. The zero-order valence-electron chi connectivity index (χ0n) is 25.4. The molecule has 2 aliphatic rings. The Hall–Kier alpha value is -4.68. The van der Waals surface area contributed by atoms with Crippen LogP contribution in [0.15, 0.2) is 132 Å². The number of hydrogen-bond acceptors (Lipinski definition) is 0. The van der Waals surface area contributed by atoms with Crippen LogP contribution in [0.25, 0.3) is 56.0 Å². The molecule has 0 saturated carbocycles. The van der Waals surface area contributed by atoms with Crippen molar-refractivity contribution in [3.8, 4) is 22.3 Å². The molecule has 0 aliphatic heterocycles. The third-order valence-electron chi connectivity index (χ3n) is 10.2. The van der Waals surface area contributed by atoms with E-state index in [1.807, 2.05) is 0 Å². The van der Waals surface area contributed by atoms with Crippen LogP contribution in [0, 0.1) is 5.41 Å². The lowest BCUT2D eigenvalue weighted by atomic mass is 9.62. The first kappa shape index (κ1) is 26.0. The van der Waals surface area contributed by atoms with Gasteiger partial charge < -0.3 is 0 Å². The average molecular weight is 553 g/mol. The number of hydrogen-bond donors (Lipinski definition) is 0. The van der Waals surface area contributed by atoms with Gasteiger partial charge in [-0.15, -0.1) is 0 Å². The summed E-state index contributed by atoms with van der Waals surface area (Å²) in [5, 5.41) is 5.20. The van der Waals surface area contributed by atoms with Gasteiger partial charge in [0.15, 0.2) is 0 Å². The lowest BCUT2D eigenvalue weighted by molar-refractivity contribution is 0.275. The zero-order valence-corrected chi connectivity index (χ0v) is 25.4. The third-order valence-corrected chi connectivity index (χ3v) is 10.2. The van der Waals surface area contributed by atoms with E-state index >= 15 is 0 Å². The van der Waals surface area contributed by atoms with Crippen molar-refractivity contribution in [1.82, 2.24) is 0 Å². The SMILES string of the molecule is CC1=Cc2ccc(-c3cccc4ccccc34)cc2C1C(C)(C)C1C(C)=Cc2ccc(-c3cccc4ccccc34)cc21. The number of allylic oxidation sites excluding steroid dienone is 2. The molecule has 0 bridgehead atoms. The molecule has 43 heavy (non-hydrogen) atoms. The van der Waals surface area contributed by atoms with Crippen molar-refractivity contribution in [1.29, 1.82) is 0 Å². The van der Waals surface area contributed by atoms with Crippen LogP contribution in [-0.4, -0.2) is 0 Å². The van der Waals surface area contributed by atoms with Crippen molar-refractivity contribution >= 4 is 33.7 Å². The summed E-state index contributed by atoms with van der Waals surface area (Å²) in [6.07, 6.45) is 4.85. The quantitative estimate of drug-likeness (QED) is 0.204. The minimum atomic E-state index is -0.0214. The molecular formula is C43H36. The highest BCUT2D eigenvalue weighted by atomic mass is 14.5. The summed E-state index contributed by atoms with van der Waals surface area (Å²) in [5.74, 6) is 0.663. The molecule has 0 N–H and O–H groups in total. The number of benzene rings is 6. The Kier molecular flexibility index (Phi) is 5.85. The van der Waals surface area contributed by atoms with E-state index in [4.69, 9.17) is 0 Å². The maximum absolute atomic E-state index is 2.50. The lowest BCUT2D eigenvalue weighted by Crippen LogP contribution is -2.29. The van der Waals surface area contributed by atoms with Gasteiger partial charge in [-0.2, -0.15) is 0 Å². The molecular weight excluding hydrogens is 516 g/mol. The Labute approximate surface area is 255 Å². The Morgan fingerprint density at radius 2 is 0.884 bits per heavy atom. The molecule has 2 aliphatic carbocycles. The van der Waals surface area contributed by atoms with Crippen LogP contribution >= 0.6 is 0 Å². The van der Waals surface area contributed by atoms with E-state index in [1.165, 1.54) is 77.2 Å². The van der Waals surface area contributed by atoms with Crippen LogP contribution in [0.1, 0.15) is 61.8 Å². The molecule has 0 spiro atoms. The summed E-state index contributed by atoms with van der Waals surface area (Å²) in [5.41, 5.74) is 13.8. The monoisotopic (exact) mass is 552 g/mol. The van der Waals surface area contributed by atoms with Crippen molar-refractivity contribution < 1.29 is 0 Å². The van der Waals surface area contributed by atoms with Gasteiger partial charge in [-0.25, -0.2) is 0 Å². The number of rotatable bonds is 4. The second kappa shape index (κ2) is 9.68. The van der Waals surface area contributed by atoms with Gasteiger partial charge in [0.25, 0.3) is 0 Å². The Morgan fingerprint density at radius 3 is 1.35 bits per heavy atom. The first-order valence-electron chi connectivity index (χ1n) is 15.5. The van der Waals surface area contributed by atoms with Gasteiger partial charge in [-0.05, 0) is 97.4 Å². The third kappa shape index (κ3) is 4.04. The van der Waals surface area contributed by atoms with Crippen LogP contribution in [0.4, 0.5) is 0 Å². The van der Waals surface area contributed by atoms with Crippen LogP contribution in [-0.2, 0) is 0 Å². The van der Waals surface area contributed by atoms with Gasteiger partial charge in [-0.1, -0.05) is 146 Å². The van der Waals surface area contributed by atoms with Crippen LogP contribution < -0.4 is 0 Å². The summed E-state index contributed by atoms with van der Waals surface area (Å²) >= 11 is 0. The highest BCUT2D eigenvalue weighted by molar-refractivity contribution is 5.98. The average Bonchev–Trinajstić information content (AvgIpc) is 3.55. The molecule has 2 atom stereocenters. The van der Waals surface area contributed by atoms with Crippen LogP contribution in [0.3, 0.4) is 0 Å². The molecule has 6 aromatic carbocycles. The maximum Gasteiger partial charge on any atom is 0.0115 e. The van der Waals surface area contributed by atoms with Gasteiger partial charge in [-0.3, -0.25) is 0 Å². The minimum Gasteiger partial charge on any atom is -0.0646 e. The van der Waals surface area contributed by atoms with Gasteiger partial charge >= 0.3 is 0 Å². The van der Waals surface area contributed by atoms with Gasteiger partial charge in [0.2, 0.25) is 0 Å². The molecule has 8 rings (SSSR count). The Balaban J connectivity index is 1.23. The minimum absolute atomic E-state index is 0.0214. The fraction of sp³-hybridized carbons (Fsp3) is 0.163. The Morgan fingerprint density at radius 1 is 0.465 bits per heavy atom. The van der Waals surface area contributed by atoms with Crippen LogP contribution in [0.5, 0.6) is 0 Å². The predicted octanol–water partition coefficient (Wildman–Crippen LogP) is 12.1. The molecule has 0 fully saturated rings. The topological polar surface area (TPSA) is 0 Å². The van der Waals surface area contributed by atoms with Gasteiger partial charge in [0, 0.05) is 11.8 Å². The molecule has 0 aromatic heterocycles. The second-order valence-electron chi connectivity index (χ2n) is 13.2. The Bertz CT molecular complexity index is 1970. The summed E-state index contributed by atoms with van der Waals surface area (Å²) in [6.45, 7) is 9.67. The fourth-order valence-electron chi connectivity index (χ4n) is 8.49. The smallest absolute Gasteiger partial charge is 0.0115 e. The lowest BCUT2D eigenvalue weighted by Gasteiger charge is -2.41. The largest absolute Gasteiger partial charge is 0.0646 e. The van der Waals surface area contributed by atoms with E-state index in [0.29, 0.717) is 11.8 Å². The molecule has 0 radical (unpaired) electrons. The van der Waals surface area contributed by atoms with Crippen molar-refractivity contribution in [2.45, 2.75) is 39.5 Å². The summed E-state index contributed by atoms with van der Waals surface area (Å²) in [4.78, 5) is 0. The number of fused-ring (bicyclic) bond motifs is 4. The van der Waals surface area contributed by atoms with E-state index in [0.717, 1.165) is 0 Å². The second-order valence-corrected chi connectivity index (χ2v) is 13.2. The molecule has 0 saturated heterocycles. The highest BCUT2D eigenvalue weighted by Gasteiger charge is 2.45. The predicted molar refractivity (Wildman–Crippen MR) is 185 cm³/mol. The molecule has 0 heteroatoms. The van der Waals surface area contributed by atoms with E-state index < -0.39 is 0 Å². The zero-order chi connectivity index (χ0) is 29.3. The standard InChI is InChI=1S/C43H36/c1-27-23-31-19-21-33(37-17-9-13-29-11-5-7-15-35(29)37)25-39(31)41(27)43(3,4)42-28(2)24-32-20-22-34(26-40(32)42)38-18-10-14-30-12-6-8-16-36(30)38/h5-26,41-42H,1-4H3. The first-order chi connectivity index (χ1) is 20.9. The van der Waals surface area contributed by atoms with Crippen LogP contribution in [0.2, 0.25) is 0 Å². The molecule has 0 heterocycles. The molecule has 2 unspecified atom stereocenters. The maximum atomic E-state index is 2.50. The van der Waals surface area contributed by atoms with Crippen molar-refractivity contribution in [2.75, 3.05) is 0 Å². The molecule has 0 amide bonds. The molecule has 0 nitrogen and oxygen atoms in total. The molecule has 208 valence electrons. The normalized spacial score (nSPS) is 17.6. The van der Waals surface area contributed by atoms with Gasteiger partial charge in [0.1, 0.15) is 0 Å². The van der Waals surface area contributed by atoms with Gasteiger partial charge in [0.05, 0.1) is 0 Å². The van der Waals surface area contributed by atoms with E-state index in [-0.39, 0.29) is 5.41 Å². The van der Waals surface area contributed by atoms with Crippen molar-refractivity contribution in [2.24, 2.45) is 5.41 Å². The van der Waals surface area contributed by atoms with E-state index in [9.17, 15) is 0 Å². The summed E-state index contributed by atoms with van der Waals surface area (Å²) in [6, 6.07) is 45.1. The fourth-order valence-corrected chi connectivity index (χ4v) is 8.49.